The van der Waals surface area contributed by atoms with Gasteiger partial charge >= 0.3 is 0 Å². The van der Waals surface area contributed by atoms with Gasteiger partial charge in [-0.2, -0.15) is 0 Å². The molecule has 0 heterocycles. The second kappa shape index (κ2) is 6.17. The fourth-order valence-electron chi connectivity index (χ4n) is 5.78. The summed E-state index contributed by atoms with van der Waals surface area (Å²) >= 11 is 3.60. The van der Waals surface area contributed by atoms with Gasteiger partial charge in [-0.1, -0.05) is 55.3 Å². The van der Waals surface area contributed by atoms with Gasteiger partial charge in [0.2, 0.25) is 0 Å². The fourth-order valence-corrected chi connectivity index (χ4v) is 6.32. The van der Waals surface area contributed by atoms with Gasteiger partial charge in [0.05, 0.1) is 0 Å². The van der Waals surface area contributed by atoms with Crippen molar-refractivity contribution in [1.29, 1.82) is 0 Å². The van der Waals surface area contributed by atoms with Gasteiger partial charge in [0.15, 0.2) is 5.78 Å². The number of fused-ring (bicyclic) bond motifs is 1. The van der Waals surface area contributed by atoms with Crippen LogP contribution in [0.4, 0.5) is 0 Å². The average molecular weight is 379 g/mol. The highest BCUT2D eigenvalue weighted by Gasteiger charge is 2.50. The van der Waals surface area contributed by atoms with Crippen LogP contribution in [0.15, 0.2) is 22.2 Å². The molecule has 3 saturated carbocycles. The highest BCUT2D eigenvalue weighted by molar-refractivity contribution is 9.11. The fraction of sp³-hybridized carbons (Fsp3) is 0.762. The van der Waals surface area contributed by atoms with E-state index in [1.165, 1.54) is 32.1 Å². The van der Waals surface area contributed by atoms with Gasteiger partial charge in [0.25, 0.3) is 0 Å². The van der Waals surface area contributed by atoms with Crippen LogP contribution in [-0.4, -0.2) is 5.78 Å². The van der Waals surface area contributed by atoms with Gasteiger partial charge < -0.3 is 0 Å². The first-order valence-corrected chi connectivity index (χ1v) is 10.3. The Balaban J connectivity index is 1.81. The number of halogens is 1. The smallest absolute Gasteiger partial charge is 0.164 e. The summed E-state index contributed by atoms with van der Waals surface area (Å²) in [6.07, 6.45) is 10.9. The lowest BCUT2D eigenvalue weighted by Crippen LogP contribution is -2.35. The Bertz CT molecular complexity index is 556. The van der Waals surface area contributed by atoms with E-state index in [-0.39, 0.29) is 5.41 Å². The summed E-state index contributed by atoms with van der Waals surface area (Å²) in [4.78, 5) is 14.8. The maximum atomic E-state index is 12.6. The molecule has 0 amide bonds. The molecule has 3 aliphatic carbocycles. The van der Waals surface area contributed by atoms with E-state index in [0.29, 0.717) is 17.1 Å². The van der Waals surface area contributed by atoms with E-state index in [1.54, 1.807) is 5.57 Å². The van der Waals surface area contributed by atoms with Crippen molar-refractivity contribution in [2.45, 2.75) is 72.6 Å². The summed E-state index contributed by atoms with van der Waals surface area (Å²) in [6.45, 7) is 9.07. The first-order valence-electron chi connectivity index (χ1n) is 9.34. The molecule has 3 fully saturated rings. The van der Waals surface area contributed by atoms with Crippen molar-refractivity contribution in [2.24, 2.45) is 28.6 Å². The van der Waals surface area contributed by atoms with E-state index in [2.05, 4.69) is 54.7 Å². The molecule has 0 bridgehead atoms. The molecule has 0 saturated heterocycles. The molecule has 0 aromatic carbocycles. The van der Waals surface area contributed by atoms with Crippen molar-refractivity contribution in [3.63, 3.8) is 0 Å². The summed E-state index contributed by atoms with van der Waals surface area (Å²) < 4.78 is 0. The highest BCUT2D eigenvalue weighted by Crippen LogP contribution is 2.59. The van der Waals surface area contributed by atoms with Crippen molar-refractivity contribution in [2.75, 3.05) is 0 Å². The van der Waals surface area contributed by atoms with Crippen molar-refractivity contribution >= 4 is 21.7 Å². The van der Waals surface area contributed by atoms with Crippen LogP contribution >= 0.6 is 15.9 Å². The standard InChI is InChI=1S/C21H31BrO/c1-14(12-15-9-11-20(2,3)19(15)23)17-7-8-18-16(13-22)6-5-10-21(17,18)4/h12-14,17-18H,5-11H2,1-4H3/b15-12+,16-13-/t14-,17-,18?,21-/m1/s1. The Morgan fingerprint density at radius 2 is 1.91 bits per heavy atom. The number of hydrogen-bond donors (Lipinski definition) is 0. The summed E-state index contributed by atoms with van der Waals surface area (Å²) in [6, 6.07) is 0. The molecular formula is C21H31BrO. The van der Waals surface area contributed by atoms with E-state index in [0.717, 1.165) is 30.3 Å². The van der Waals surface area contributed by atoms with Gasteiger partial charge in [-0.25, -0.2) is 0 Å². The van der Waals surface area contributed by atoms with E-state index < -0.39 is 0 Å². The summed E-state index contributed by atoms with van der Waals surface area (Å²) in [5, 5.41) is 0. The number of hydrogen-bond acceptors (Lipinski definition) is 1. The predicted octanol–water partition coefficient (Wildman–Crippen LogP) is 6.43. The molecule has 0 aromatic rings. The molecule has 128 valence electrons. The molecule has 3 rings (SSSR count). The maximum absolute atomic E-state index is 12.6. The zero-order valence-corrected chi connectivity index (χ0v) is 16.7. The van der Waals surface area contributed by atoms with Crippen LogP contribution in [0.1, 0.15) is 72.6 Å². The molecule has 0 aromatic heterocycles. The lowest BCUT2D eigenvalue weighted by molar-refractivity contribution is -0.121. The Labute approximate surface area is 150 Å². The molecule has 1 unspecified atom stereocenters. The van der Waals surface area contributed by atoms with Crippen LogP contribution in [0.5, 0.6) is 0 Å². The monoisotopic (exact) mass is 378 g/mol. The Morgan fingerprint density at radius 1 is 1.17 bits per heavy atom. The van der Waals surface area contributed by atoms with E-state index in [4.69, 9.17) is 0 Å². The second-order valence-corrected chi connectivity index (χ2v) is 9.50. The van der Waals surface area contributed by atoms with Gasteiger partial charge in [-0.15, -0.1) is 0 Å². The molecule has 0 radical (unpaired) electrons. The van der Waals surface area contributed by atoms with Gasteiger partial charge in [0, 0.05) is 5.41 Å². The molecule has 1 nitrogen and oxygen atoms in total. The minimum atomic E-state index is -0.135. The Hall–Kier alpha value is -0.370. The van der Waals surface area contributed by atoms with E-state index in [9.17, 15) is 4.79 Å². The quantitative estimate of drug-likeness (QED) is 0.505. The van der Waals surface area contributed by atoms with Gasteiger partial charge in [0.1, 0.15) is 0 Å². The lowest BCUT2D eigenvalue weighted by Gasteiger charge is -2.44. The number of rotatable bonds is 2. The third-order valence-electron chi connectivity index (χ3n) is 7.20. The van der Waals surface area contributed by atoms with E-state index >= 15 is 0 Å². The number of allylic oxidation sites excluding steroid dienone is 3. The van der Waals surface area contributed by atoms with Crippen molar-refractivity contribution in [1.82, 2.24) is 0 Å². The SMILES string of the molecule is C[C@H](/C=C1\CCC(C)(C)C1=O)[C@H]1CCC2/C(=C\Br)CCC[C@@]21C. The zero-order chi connectivity index (χ0) is 16.8. The molecule has 23 heavy (non-hydrogen) atoms. The van der Waals surface area contributed by atoms with E-state index in [1.807, 2.05) is 0 Å². The third-order valence-corrected chi connectivity index (χ3v) is 7.79. The van der Waals surface area contributed by atoms with Gasteiger partial charge in [-0.3, -0.25) is 4.79 Å². The van der Waals surface area contributed by atoms with Crippen LogP contribution < -0.4 is 0 Å². The number of carbonyl (C=O) groups excluding carboxylic acids is 1. The highest BCUT2D eigenvalue weighted by atomic mass is 79.9. The van der Waals surface area contributed by atoms with Crippen LogP contribution in [0.2, 0.25) is 0 Å². The molecule has 2 heteroatoms. The Kier molecular flexibility index (Phi) is 4.68. The minimum absolute atomic E-state index is 0.135. The number of carbonyl (C=O) groups is 1. The van der Waals surface area contributed by atoms with Crippen molar-refractivity contribution < 1.29 is 4.79 Å². The first-order chi connectivity index (χ1) is 10.8. The van der Waals surface area contributed by atoms with Crippen molar-refractivity contribution in [3.8, 4) is 0 Å². The number of Topliss-reactive ketones (excluding diaryl/α,β-unsaturated/α-hetero) is 1. The van der Waals surface area contributed by atoms with Crippen molar-refractivity contribution in [3.05, 3.63) is 22.2 Å². The Morgan fingerprint density at radius 3 is 2.52 bits per heavy atom. The largest absolute Gasteiger partial charge is 0.294 e. The van der Waals surface area contributed by atoms with Gasteiger partial charge in [-0.05, 0) is 78.7 Å². The maximum Gasteiger partial charge on any atom is 0.164 e. The third kappa shape index (κ3) is 2.90. The normalized spacial score (nSPS) is 41.5. The van der Waals surface area contributed by atoms with Crippen LogP contribution in [0.3, 0.4) is 0 Å². The minimum Gasteiger partial charge on any atom is -0.294 e. The topological polar surface area (TPSA) is 17.1 Å². The molecule has 0 aliphatic heterocycles. The van der Waals surface area contributed by atoms with Crippen LogP contribution in [0, 0.1) is 28.6 Å². The lowest BCUT2D eigenvalue weighted by atomic mass is 9.61. The summed E-state index contributed by atoms with van der Waals surface area (Å²) in [5.41, 5.74) is 3.02. The molecule has 3 aliphatic rings. The second-order valence-electron chi connectivity index (χ2n) is 9.04. The molecule has 0 N–H and O–H groups in total. The molecular weight excluding hydrogens is 348 g/mol. The number of ketones is 1. The average Bonchev–Trinajstić information content (AvgIpc) is 2.98. The van der Waals surface area contributed by atoms with Crippen LogP contribution in [-0.2, 0) is 4.79 Å². The predicted molar refractivity (Wildman–Crippen MR) is 100 cm³/mol. The summed E-state index contributed by atoms with van der Waals surface area (Å²) in [5.74, 6) is 2.39. The molecule has 0 spiro atoms. The molecule has 4 atom stereocenters. The first kappa shape index (κ1) is 17.5. The zero-order valence-electron chi connectivity index (χ0n) is 15.1. The van der Waals surface area contributed by atoms with Crippen LogP contribution in [0.25, 0.3) is 0 Å². The summed E-state index contributed by atoms with van der Waals surface area (Å²) in [7, 11) is 0.